The van der Waals surface area contributed by atoms with E-state index in [0.29, 0.717) is 29.4 Å². The zero-order valence-electron chi connectivity index (χ0n) is 17.9. The maximum Gasteiger partial charge on any atom is 0.280 e. The van der Waals surface area contributed by atoms with Crippen LogP contribution in [-0.2, 0) is 11.4 Å². The predicted octanol–water partition coefficient (Wildman–Crippen LogP) is 5.61. The molecule has 1 aliphatic rings. The molecule has 32 heavy (non-hydrogen) atoms. The van der Waals surface area contributed by atoms with Gasteiger partial charge in [-0.25, -0.2) is 4.39 Å². The normalized spacial score (nSPS) is 14.6. The molecule has 162 valence electrons. The van der Waals surface area contributed by atoms with Crippen molar-refractivity contribution in [1.29, 1.82) is 0 Å². The molecule has 0 bridgehead atoms. The summed E-state index contributed by atoms with van der Waals surface area (Å²) in [5.74, 6) is 0.615. The molecule has 0 radical (unpaired) electrons. The van der Waals surface area contributed by atoms with Crippen molar-refractivity contribution in [2.45, 2.75) is 20.5 Å². The first kappa shape index (κ1) is 21.3. The summed E-state index contributed by atoms with van der Waals surface area (Å²) in [7, 11) is 0. The van der Waals surface area contributed by atoms with Gasteiger partial charge in [0.05, 0.1) is 23.6 Å². The van der Waals surface area contributed by atoms with Crippen LogP contribution in [0.2, 0.25) is 0 Å². The molecule has 0 saturated heterocycles. The lowest BCUT2D eigenvalue weighted by Crippen LogP contribution is -2.21. The van der Waals surface area contributed by atoms with Gasteiger partial charge in [-0.3, -0.25) is 4.79 Å². The summed E-state index contributed by atoms with van der Waals surface area (Å²) in [5.41, 5.74) is 3.40. The summed E-state index contributed by atoms with van der Waals surface area (Å²) in [6, 6.07) is 21.1. The van der Waals surface area contributed by atoms with Crippen molar-refractivity contribution in [3.63, 3.8) is 0 Å². The fourth-order valence-corrected chi connectivity index (χ4v) is 3.38. The highest BCUT2D eigenvalue weighted by Crippen LogP contribution is 2.31. The summed E-state index contributed by atoms with van der Waals surface area (Å²) in [4.78, 5) is 12.9. The van der Waals surface area contributed by atoms with Gasteiger partial charge in [0.2, 0.25) is 0 Å². The zero-order valence-corrected chi connectivity index (χ0v) is 17.9. The Morgan fingerprint density at radius 1 is 0.969 bits per heavy atom. The number of nitrogens with zero attached hydrogens (tertiary/aromatic N) is 2. The van der Waals surface area contributed by atoms with Gasteiger partial charge in [-0.2, -0.15) is 10.1 Å². The van der Waals surface area contributed by atoms with E-state index in [2.05, 4.69) is 5.10 Å². The van der Waals surface area contributed by atoms with Crippen molar-refractivity contribution in [2.24, 2.45) is 5.10 Å². The monoisotopic (exact) mass is 430 g/mol. The molecule has 0 aromatic heterocycles. The fraction of sp³-hybridized carbons (Fsp3) is 0.154. The number of carbonyl (C=O) groups is 1. The Balaban J connectivity index is 1.56. The van der Waals surface area contributed by atoms with Gasteiger partial charge in [0.15, 0.2) is 11.5 Å². The number of amides is 1. The molecule has 6 heteroatoms. The van der Waals surface area contributed by atoms with Crippen LogP contribution in [0.5, 0.6) is 11.5 Å². The highest BCUT2D eigenvalue weighted by Gasteiger charge is 2.28. The van der Waals surface area contributed by atoms with Gasteiger partial charge in [-0.1, -0.05) is 36.4 Å². The van der Waals surface area contributed by atoms with Crippen molar-refractivity contribution in [2.75, 3.05) is 11.6 Å². The molecule has 0 unspecified atom stereocenters. The molecule has 1 heterocycles. The first-order chi connectivity index (χ1) is 15.5. The molecular weight excluding hydrogens is 407 g/mol. The number of hydrogen-bond acceptors (Lipinski definition) is 4. The molecular formula is C26H23FN2O3. The number of anilines is 1. The van der Waals surface area contributed by atoms with Crippen LogP contribution in [0, 0.1) is 5.82 Å². The molecule has 3 aromatic carbocycles. The second kappa shape index (κ2) is 9.47. The summed E-state index contributed by atoms with van der Waals surface area (Å²) in [5, 5.41) is 5.81. The first-order valence-electron chi connectivity index (χ1n) is 10.4. The standard InChI is InChI=1S/C26H23FN2O3/c1-3-31-25-16-19(12-13-24(25)32-17-20-8-7-9-21(27)14-20)15-23-18(2)28-29(26(23)30)22-10-5-4-6-11-22/h4-16H,3,17H2,1-2H3/b23-15+. The maximum atomic E-state index is 13.4. The van der Waals surface area contributed by atoms with Crippen LogP contribution in [0.4, 0.5) is 10.1 Å². The molecule has 4 rings (SSSR count). The van der Waals surface area contributed by atoms with Crippen LogP contribution < -0.4 is 14.5 Å². The average molecular weight is 430 g/mol. The summed E-state index contributed by atoms with van der Waals surface area (Å²) >= 11 is 0. The molecule has 0 atom stereocenters. The van der Waals surface area contributed by atoms with E-state index in [1.54, 1.807) is 24.3 Å². The lowest BCUT2D eigenvalue weighted by Gasteiger charge is -2.13. The third-order valence-electron chi connectivity index (χ3n) is 4.93. The molecule has 0 aliphatic carbocycles. The van der Waals surface area contributed by atoms with Crippen LogP contribution in [0.15, 0.2) is 83.5 Å². The minimum Gasteiger partial charge on any atom is -0.490 e. The van der Waals surface area contributed by atoms with E-state index in [1.807, 2.05) is 56.3 Å². The topological polar surface area (TPSA) is 51.1 Å². The third kappa shape index (κ3) is 4.70. The van der Waals surface area contributed by atoms with Crippen molar-refractivity contribution in [1.82, 2.24) is 0 Å². The van der Waals surface area contributed by atoms with Crippen LogP contribution in [-0.4, -0.2) is 18.2 Å². The Morgan fingerprint density at radius 2 is 1.78 bits per heavy atom. The number of benzene rings is 3. The number of halogens is 1. The van der Waals surface area contributed by atoms with E-state index in [4.69, 9.17) is 9.47 Å². The zero-order chi connectivity index (χ0) is 22.5. The van der Waals surface area contributed by atoms with E-state index in [-0.39, 0.29) is 18.3 Å². The summed E-state index contributed by atoms with van der Waals surface area (Å²) in [6.07, 6.45) is 1.79. The largest absolute Gasteiger partial charge is 0.490 e. The molecule has 1 aliphatic heterocycles. The van der Waals surface area contributed by atoms with E-state index in [9.17, 15) is 9.18 Å². The van der Waals surface area contributed by atoms with Crippen LogP contribution in [0.1, 0.15) is 25.0 Å². The highest BCUT2D eigenvalue weighted by atomic mass is 19.1. The quantitative estimate of drug-likeness (QED) is 0.458. The van der Waals surface area contributed by atoms with Gasteiger partial charge in [0.1, 0.15) is 12.4 Å². The minimum absolute atomic E-state index is 0.182. The van der Waals surface area contributed by atoms with Crippen molar-refractivity contribution in [3.05, 3.63) is 95.3 Å². The molecule has 0 fully saturated rings. The first-order valence-corrected chi connectivity index (χ1v) is 10.4. The number of hydrogen-bond donors (Lipinski definition) is 0. The van der Waals surface area contributed by atoms with Gasteiger partial charge < -0.3 is 9.47 Å². The SMILES string of the molecule is CCOc1cc(/C=C2/C(=O)N(c3ccccc3)N=C2C)ccc1OCc1cccc(F)c1. The van der Waals surface area contributed by atoms with E-state index < -0.39 is 0 Å². The Labute approximate surface area is 186 Å². The number of ether oxygens (including phenoxy) is 2. The van der Waals surface area contributed by atoms with Crippen molar-refractivity contribution in [3.8, 4) is 11.5 Å². The summed E-state index contributed by atoms with van der Waals surface area (Å²) in [6.45, 7) is 4.37. The second-order valence-electron chi connectivity index (χ2n) is 7.25. The lowest BCUT2D eigenvalue weighted by molar-refractivity contribution is -0.114. The van der Waals surface area contributed by atoms with Crippen molar-refractivity contribution >= 4 is 23.4 Å². The number of rotatable bonds is 7. The van der Waals surface area contributed by atoms with E-state index >= 15 is 0 Å². The van der Waals surface area contributed by atoms with Crippen molar-refractivity contribution < 1.29 is 18.7 Å². The molecule has 0 saturated carbocycles. The van der Waals surface area contributed by atoms with Crippen LogP contribution >= 0.6 is 0 Å². The van der Waals surface area contributed by atoms with Crippen LogP contribution in [0.3, 0.4) is 0 Å². The van der Waals surface area contributed by atoms with E-state index in [1.165, 1.54) is 17.1 Å². The lowest BCUT2D eigenvalue weighted by atomic mass is 10.1. The average Bonchev–Trinajstić information content (AvgIpc) is 3.08. The highest BCUT2D eigenvalue weighted by molar-refractivity contribution is 6.32. The Morgan fingerprint density at radius 3 is 2.53 bits per heavy atom. The molecule has 3 aromatic rings. The molecule has 0 spiro atoms. The van der Waals surface area contributed by atoms with Gasteiger partial charge in [0, 0.05) is 0 Å². The Hall–Kier alpha value is -3.93. The third-order valence-corrected chi connectivity index (χ3v) is 4.93. The summed E-state index contributed by atoms with van der Waals surface area (Å²) < 4.78 is 25.0. The number of hydrazone groups is 1. The predicted molar refractivity (Wildman–Crippen MR) is 123 cm³/mol. The Bertz CT molecular complexity index is 1190. The van der Waals surface area contributed by atoms with Gasteiger partial charge >= 0.3 is 0 Å². The fourth-order valence-electron chi connectivity index (χ4n) is 3.38. The molecule has 5 nitrogen and oxygen atoms in total. The minimum atomic E-state index is -0.305. The molecule has 0 N–H and O–H groups in total. The molecule has 1 amide bonds. The van der Waals surface area contributed by atoms with Gasteiger partial charge in [-0.15, -0.1) is 0 Å². The van der Waals surface area contributed by atoms with Gasteiger partial charge in [0.25, 0.3) is 5.91 Å². The Kier molecular flexibility index (Phi) is 6.31. The smallest absolute Gasteiger partial charge is 0.280 e. The maximum absolute atomic E-state index is 13.4. The van der Waals surface area contributed by atoms with Gasteiger partial charge in [-0.05, 0) is 67.4 Å². The van der Waals surface area contributed by atoms with Crippen LogP contribution in [0.25, 0.3) is 6.08 Å². The second-order valence-corrected chi connectivity index (χ2v) is 7.25. The number of para-hydroxylation sites is 1. The number of carbonyl (C=O) groups excluding carboxylic acids is 1. The van der Waals surface area contributed by atoms with E-state index in [0.717, 1.165) is 16.8 Å².